The molecule has 3 aromatic carbocycles. The van der Waals surface area contributed by atoms with Gasteiger partial charge in [-0.05, 0) is 54.4 Å². The lowest BCUT2D eigenvalue weighted by atomic mass is 10.00. The second-order valence-corrected chi connectivity index (χ2v) is 9.81. The van der Waals surface area contributed by atoms with Crippen LogP contribution in [0.15, 0.2) is 89.3 Å². The Bertz CT molecular complexity index is 1420. The van der Waals surface area contributed by atoms with Gasteiger partial charge in [-0.2, -0.15) is 13.2 Å². The molecule has 0 bridgehead atoms. The third-order valence-corrected chi connectivity index (χ3v) is 6.67. The van der Waals surface area contributed by atoms with Crippen molar-refractivity contribution in [3.05, 3.63) is 117 Å². The molecule has 39 heavy (non-hydrogen) atoms. The minimum Gasteiger partial charge on any atom is -0.459 e. The highest BCUT2D eigenvalue weighted by Crippen LogP contribution is 2.33. The molecule has 5 nitrogen and oxygen atoms in total. The summed E-state index contributed by atoms with van der Waals surface area (Å²) in [7, 11) is 0. The summed E-state index contributed by atoms with van der Waals surface area (Å²) < 4.78 is 45.5. The van der Waals surface area contributed by atoms with Crippen molar-refractivity contribution in [3.8, 4) is 11.3 Å². The van der Waals surface area contributed by atoms with Gasteiger partial charge in [-0.1, -0.05) is 65.7 Å². The Labute approximate surface area is 233 Å². The highest BCUT2D eigenvalue weighted by Gasteiger charge is 2.31. The standard InChI is InChI=1S/C29H24Cl2F3NO4/c30-21-9-11-24(25(31)15-21)28(38)35(22(16-27(36)37)13-18-5-2-1-3-6-18)17-23-10-12-26(39-23)19-7-4-8-20(14-19)29(32,33)34/h1-12,14-15,22,27,36-37H,13,16-17H2/t22-/m0/s1. The highest BCUT2D eigenvalue weighted by atomic mass is 35.5. The second-order valence-electron chi connectivity index (χ2n) is 8.96. The van der Waals surface area contributed by atoms with Gasteiger partial charge < -0.3 is 19.5 Å². The van der Waals surface area contributed by atoms with Crippen molar-refractivity contribution >= 4 is 29.1 Å². The molecule has 0 radical (unpaired) electrons. The molecule has 4 aromatic rings. The number of nitrogens with zero attached hydrogens (tertiary/aromatic N) is 1. The smallest absolute Gasteiger partial charge is 0.416 e. The fourth-order valence-electron chi connectivity index (χ4n) is 4.27. The lowest BCUT2D eigenvalue weighted by Crippen LogP contribution is -2.43. The first-order valence-corrected chi connectivity index (χ1v) is 12.7. The van der Waals surface area contributed by atoms with Gasteiger partial charge >= 0.3 is 6.18 Å². The number of hydrogen-bond donors (Lipinski definition) is 2. The summed E-state index contributed by atoms with van der Waals surface area (Å²) in [4.78, 5) is 15.2. The van der Waals surface area contributed by atoms with E-state index >= 15 is 0 Å². The maximum atomic E-state index is 13.8. The number of amides is 1. The number of carbonyl (C=O) groups excluding carboxylic acids is 1. The number of aliphatic hydroxyl groups excluding tert-OH is 1. The topological polar surface area (TPSA) is 73.9 Å². The zero-order valence-electron chi connectivity index (χ0n) is 20.4. The van der Waals surface area contributed by atoms with Crippen LogP contribution in [0.3, 0.4) is 0 Å². The van der Waals surface area contributed by atoms with Gasteiger partial charge in [0.1, 0.15) is 11.5 Å². The molecule has 0 aliphatic rings. The van der Waals surface area contributed by atoms with Crippen LogP contribution in [0.25, 0.3) is 11.3 Å². The summed E-state index contributed by atoms with van der Waals surface area (Å²) in [6, 6.07) is 20.8. The van der Waals surface area contributed by atoms with Crippen LogP contribution >= 0.6 is 23.2 Å². The van der Waals surface area contributed by atoms with E-state index in [2.05, 4.69) is 0 Å². The van der Waals surface area contributed by atoms with Crippen molar-refractivity contribution in [3.63, 3.8) is 0 Å². The monoisotopic (exact) mass is 577 g/mol. The Balaban J connectivity index is 1.70. The lowest BCUT2D eigenvalue weighted by Gasteiger charge is -2.32. The molecule has 0 saturated heterocycles. The van der Waals surface area contributed by atoms with Gasteiger partial charge in [0.2, 0.25) is 0 Å². The minimum atomic E-state index is -4.51. The Kier molecular flexibility index (Phi) is 9.02. The maximum absolute atomic E-state index is 13.8. The first-order chi connectivity index (χ1) is 18.5. The molecule has 204 valence electrons. The first-order valence-electron chi connectivity index (χ1n) is 11.9. The van der Waals surface area contributed by atoms with Gasteiger partial charge in [-0.15, -0.1) is 0 Å². The molecular formula is C29H24Cl2F3NO4. The average Bonchev–Trinajstić information content (AvgIpc) is 3.35. The van der Waals surface area contributed by atoms with Crippen LogP contribution < -0.4 is 0 Å². The molecule has 1 atom stereocenters. The summed E-state index contributed by atoms with van der Waals surface area (Å²) in [5.74, 6) is -0.0311. The van der Waals surface area contributed by atoms with Crippen molar-refractivity contribution in [1.82, 2.24) is 4.90 Å². The van der Waals surface area contributed by atoms with Crippen molar-refractivity contribution < 1.29 is 32.6 Å². The molecule has 0 unspecified atom stereocenters. The van der Waals surface area contributed by atoms with Gasteiger partial charge in [0, 0.05) is 23.0 Å². The van der Waals surface area contributed by atoms with Crippen LogP contribution in [0.5, 0.6) is 0 Å². The van der Waals surface area contributed by atoms with Gasteiger partial charge in [-0.25, -0.2) is 0 Å². The van der Waals surface area contributed by atoms with E-state index in [1.54, 1.807) is 6.07 Å². The molecule has 0 aliphatic carbocycles. The summed E-state index contributed by atoms with van der Waals surface area (Å²) in [6.45, 7) is -0.110. The fraction of sp³-hybridized carbons (Fsp3) is 0.207. The van der Waals surface area contributed by atoms with Crippen molar-refractivity contribution in [2.24, 2.45) is 0 Å². The molecule has 1 amide bonds. The van der Waals surface area contributed by atoms with Crippen molar-refractivity contribution in [1.29, 1.82) is 0 Å². The van der Waals surface area contributed by atoms with Crippen molar-refractivity contribution in [2.45, 2.75) is 37.9 Å². The fourth-order valence-corrected chi connectivity index (χ4v) is 4.76. The minimum absolute atomic E-state index is 0.110. The Morgan fingerprint density at radius 3 is 2.33 bits per heavy atom. The zero-order chi connectivity index (χ0) is 28.2. The van der Waals surface area contributed by atoms with Crippen LogP contribution in [0.1, 0.15) is 33.7 Å². The molecule has 0 fully saturated rings. The predicted molar refractivity (Wildman–Crippen MR) is 142 cm³/mol. The van der Waals surface area contributed by atoms with Gasteiger partial charge in [-0.3, -0.25) is 4.79 Å². The molecule has 10 heteroatoms. The van der Waals surface area contributed by atoms with Crippen LogP contribution in [-0.2, 0) is 19.1 Å². The average molecular weight is 578 g/mol. The summed E-state index contributed by atoms with van der Waals surface area (Å²) in [5.41, 5.74) is 0.414. The maximum Gasteiger partial charge on any atom is 0.416 e. The number of rotatable bonds is 9. The SMILES string of the molecule is O=C(c1ccc(Cl)cc1Cl)N(Cc1ccc(-c2cccc(C(F)(F)F)c2)o1)[C@@H](Cc1ccccc1)CC(O)O. The number of carbonyl (C=O) groups is 1. The molecular weight excluding hydrogens is 554 g/mol. The van der Waals surface area contributed by atoms with Crippen molar-refractivity contribution in [2.75, 3.05) is 0 Å². The molecule has 2 N–H and O–H groups in total. The van der Waals surface area contributed by atoms with Gasteiger partial charge in [0.15, 0.2) is 6.29 Å². The van der Waals surface area contributed by atoms with E-state index in [1.807, 2.05) is 30.3 Å². The second kappa shape index (κ2) is 12.3. The van der Waals surface area contributed by atoms with E-state index in [9.17, 15) is 28.2 Å². The number of furan rings is 1. The van der Waals surface area contributed by atoms with E-state index in [4.69, 9.17) is 27.6 Å². The van der Waals surface area contributed by atoms with Gasteiger partial charge in [0.05, 0.1) is 22.7 Å². The highest BCUT2D eigenvalue weighted by molar-refractivity contribution is 6.36. The van der Waals surface area contributed by atoms with E-state index in [-0.39, 0.29) is 47.1 Å². The third kappa shape index (κ3) is 7.42. The molecule has 0 saturated carbocycles. The van der Waals surface area contributed by atoms with Crippen LogP contribution in [0.4, 0.5) is 13.2 Å². The Morgan fingerprint density at radius 1 is 0.923 bits per heavy atom. The summed E-state index contributed by atoms with van der Waals surface area (Å²) in [6.07, 6.45) is -6.11. The van der Waals surface area contributed by atoms with E-state index in [0.29, 0.717) is 5.02 Å². The lowest BCUT2D eigenvalue weighted by molar-refractivity contribution is -0.137. The van der Waals surface area contributed by atoms with Gasteiger partial charge in [0.25, 0.3) is 5.91 Å². The molecule has 1 aromatic heterocycles. The third-order valence-electron chi connectivity index (χ3n) is 6.12. The van der Waals surface area contributed by atoms with E-state index in [1.165, 1.54) is 41.3 Å². The molecule has 0 aliphatic heterocycles. The Hall–Kier alpha value is -3.30. The normalized spacial score (nSPS) is 12.5. The quantitative estimate of drug-likeness (QED) is 0.206. The zero-order valence-corrected chi connectivity index (χ0v) is 21.9. The molecule has 4 rings (SSSR count). The number of benzene rings is 3. The number of alkyl halides is 3. The largest absolute Gasteiger partial charge is 0.459 e. The summed E-state index contributed by atoms with van der Waals surface area (Å²) in [5, 5.41) is 20.2. The van der Waals surface area contributed by atoms with E-state index < -0.39 is 30.0 Å². The number of hydrogen-bond acceptors (Lipinski definition) is 4. The number of halogens is 5. The summed E-state index contributed by atoms with van der Waals surface area (Å²) >= 11 is 12.3. The first kappa shape index (κ1) is 28.7. The van der Waals surface area contributed by atoms with Crippen LogP contribution in [0.2, 0.25) is 10.0 Å². The molecule has 1 heterocycles. The number of aliphatic hydroxyl groups is 2. The van der Waals surface area contributed by atoms with Crippen LogP contribution in [-0.4, -0.2) is 33.4 Å². The van der Waals surface area contributed by atoms with E-state index in [0.717, 1.165) is 17.7 Å². The van der Waals surface area contributed by atoms with Crippen LogP contribution in [0, 0.1) is 0 Å². The molecule has 0 spiro atoms. The predicted octanol–water partition coefficient (Wildman–Crippen LogP) is 7.23. The Morgan fingerprint density at radius 2 is 1.67 bits per heavy atom.